The molecule has 0 spiro atoms. The molecule has 1 aromatic heterocycles. The molecule has 2 atom stereocenters. The zero-order valence-electron chi connectivity index (χ0n) is 12.2. The number of benzene rings is 1. The SMILES string of the molecule is CC1CC(Nc2ccc(-c3nncn3C)cc2)CN1C. The van der Waals surface area contributed by atoms with Gasteiger partial charge in [0.1, 0.15) is 6.33 Å². The fourth-order valence-electron chi connectivity index (χ4n) is 2.79. The first-order chi connectivity index (χ1) is 9.63. The van der Waals surface area contributed by atoms with Crippen molar-refractivity contribution in [2.45, 2.75) is 25.4 Å². The molecule has 2 heterocycles. The van der Waals surface area contributed by atoms with Crippen LogP contribution in [-0.2, 0) is 7.05 Å². The number of nitrogens with one attached hydrogen (secondary N) is 1. The van der Waals surface area contributed by atoms with Crippen LogP contribution in [0.4, 0.5) is 5.69 Å². The zero-order chi connectivity index (χ0) is 14.1. The molecule has 0 aliphatic carbocycles. The third-order valence-electron chi connectivity index (χ3n) is 4.11. The minimum absolute atomic E-state index is 0.538. The van der Waals surface area contributed by atoms with E-state index in [2.05, 4.69) is 58.7 Å². The molecule has 2 aromatic rings. The molecule has 1 aliphatic rings. The summed E-state index contributed by atoms with van der Waals surface area (Å²) in [5, 5.41) is 11.6. The maximum Gasteiger partial charge on any atom is 0.163 e. The van der Waals surface area contributed by atoms with Gasteiger partial charge in [0.15, 0.2) is 5.82 Å². The van der Waals surface area contributed by atoms with Gasteiger partial charge in [-0.25, -0.2) is 0 Å². The Balaban J connectivity index is 1.69. The van der Waals surface area contributed by atoms with Crippen molar-refractivity contribution in [1.82, 2.24) is 19.7 Å². The molecule has 0 saturated carbocycles. The van der Waals surface area contributed by atoms with Gasteiger partial charge in [0.2, 0.25) is 0 Å². The molecule has 1 saturated heterocycles. The Hall–Kier alpha value is -1.88. The number of aryl methyl sites for hydroxylation is 1. The van der Waals surface area contributed by atoms with Gasteiger partial charge in [-0.15, -0.1) is 10.2 Å². The van der Waals surface area contributed by atoms with E-state index in [1.807, 2.05) is 11.6 Å². The molecule has 5 nitrogen and oxygen atoms in total. The molecule has 2 unspecified atom stereocenters. The van der Waals surface area contributed by atoms with E-state index < -0.39 is 0 Å². The first-order valence-corrected chi connectivity index (χ1v) is 7.04. The summed E-state index contributed by atoms with van der Waals surface area (Å²) in [4.78, 5) is 2.39. The Morgan fingerprint density at radius 2 is 1.95 bits per heavy atom. The summed E-state index contributed by atoms with van der Waals surface area (Å²) in [6, 6.07) is 9.61. The van der Waals surface area contributed by atoms with Crippen LogP contribution < -0.4 is 5.32 Å². The van der Waals surface area contributed by atoms with Crippen LogP contribution in [-0.4, -0.2) is 45.3 Å². The maximum absolute atomic E-state index is 4.12. The standard InChI is InChI=1S/C15H21N5/c1-11-8-14(9-19(11)2)17-13-6-4-12(5-7-13)15-18-16-10-20(15)3/h4-7,10-11,14,17H,8-9H2,1-3H3. The Morgan fingerprint density at radius 1 is 1.20 bits per heavy atom. The molecule has 1 fully saturated rings. The lowest BCUT2D eigenvalue weighted by Crippen LogP contribution is -2.24. The highest BCUT2D eigenvalue weighted by molar-refractivity contribution is 5.60. The molecule has 1 aromatic carbocycles. The normalized spacial score (nSPS) is 23.1. The van der Waals surface area contributed by atoms with Crippen LogP contribution in [0.2, 0.25) is 0 Å². The first kappa shape index (κ1) is 13.1. The smallest absolute Gasteiger partial charge is 0.163 e. The van der Waals surface area contributed by atoms with Gasteiger partial charge in [0, 0.05) is 36.9 Å². The number of hydrogen-bond donors (Lipinski definition) is 1. The van der Waals surface area contributed by atoms with E-state index >= 15 is 0 Å². The predicted octanol–water partition coefficient (Wildman–Crippen LogP) is 1.99. The summed E-state index contributed by atoms with van der Waals surface area (Å²) in [6.45, 7) is 3.38. The maximum atomic E-state index is 4.12. The lowest BCUT2D eigenvalue weighted by atomic mass is 10.1. The number of rotatable bonds is 3. The minimum Gasteiger partial charge on any atom is -0.381 e. The lowest BCUT2D eigenvalue weighted by molar-refractivity contribution is 0.330. The highest BCUT2D eigenvalue weighted by atomic mass is 15.2. The van der Waals surface area contributed by atoms with E-state index in [1.54, 1.807) is 6.33 Å². The van der Waals surface area contributed by atoms with Crippen LogP contribution >= 0.6 is 0 Å². The second-order valence-electron chi connectivity index (χ2n) is 5.71. The Labute approximate surface area is 119 Å². The van der Waals surface area contributed by atoms with Gasteiger partial charge >= 0.3 is 0 Å². The number of nitrogens with zero attached hydrogens (tertiary/aromatic N) is 4. The van der Waals surface area contributed by atoms with Crippen molar-refractivity contribution in [3.05, 3.63) is 30.6 Å². The largest absolute Gasteiger partial charge is 0.381 e. The molecule has 5 heteroatoms. The fraction of sp³-hybridized carbons (Fsp3) is 0.467. The Morgan fingerprint density at radius 3 is 2.50 bits per heavy atom. The van der Waals surface area contributed by atoms with E-state index in [1.165, 1.54) is 12.1 Å². The number of aromatic nitrogens is 3. The molecule has 20 heavy (non-hydrogen) atoms. The Bertz CT molecular complexity index is 564. The summed E-state index contributed by atoms with van der Waals surface area (Å²) < 4.78 is 1.93. The topological polar surface area (TPSA) is 46.0 Å². The van der Waals surface area contributed by atoms with E-state index in [-0.39, 0.29) is 0 Å². The monoisotopic (exact) mass is 271 g/mol. The van der Waals surface area contributed by atoms with Crippen LogP contribution in [0.3, 0.4) is 0 Å². The lowest BCUT2D eigenvalue weighted by Gasteiger charge is -2.14. The van der Waals surface area contributed by atoms with Gasteiger partial charge in [-0.2, -0.15) is 0 Å². The molecule has 106 valence electrons. The van der Waals surface area contributed by atoms with Gasteiger partial charge in [-0.1, -0.05) is 0 Å². The van der Waals surface area contributed by atoms with Crippen molar-refractivity contribution in [1.29, 1.82) is 0 Å². The molecule has 0 bridgehead atoms. The summed E-state index contributed by atoms with van der Waals surface area (Å²) in [6.07, 6.45) is 2.92. The quantitative estimate of drug-likeness (QED) is 0.927. The van der Waals surface area contributed by atoms with Gasteiger partial charge in [0.25, 0.3) is 0 Å². The number of hydrogen-bond acceptors (Lipinski definition) is 4. The molecule has 0 amide bonds. The summed E-state index contributed by atoms with van der Waals surface area (Å²) in [5.41, 5.74) is 2.26. The molecule has 1 aliphatic heterocycles. The van der Waals surface area contributed by atoms with E-state index in [0.29, 0.717) is 12.1 Å². The predicted molar refractivity (Wildman–Crippen MR) is 80.6 cm³/mol. The van der Waals surface area contributed by atoms with Crippen molar-refractivity contribution in [2.24, 2.45) is 7.05 Å². The van der Waals surface area contributed by atoms with Crippen LogP contribution in [0.5, 0.6) is 0 Å². The second-order valence-corrected chi connectivity index (χ2v) is 5.71. The summed E-state index contributed by atoms with van der Waals surface area (Å²) in [5.74, 6) is 0.894. The summed E-state index contributed by atoms with van der Waals surface area (Å²) >= 11 is 0. The van der Waals surface area contributed by atoms with Gasteiger partial charge in [-0.05, 0) is 44.7 Å². The first-order valence-electron chi connectivity index (χ1n) is 7.04. The van der Waals surface area contributed by atoms with Gasteiger partial charge in [0.05, 0.1) is 0 Å². The third kappa shape index (κ3) is 2.54. The van der Waals surface area contributed by atoms with E-state index in [9.17, 15) is 0 Å². The second kappa shape index (κ2) is 5.25. The average Bonchev–Trinajstić information content (AvgIpc) is 2.98. The van der Waals surface area contributed by atoms with Crippen molar-refractivity contribution in [2.75, 3.05) is 18.9 Å². The van der Waals surface area contributed by atoms with Crippen LogP contribution in [0.25, 0.3) is 11.4 Å². The fourth-order valence-corrected chi connectivity index (χ4v) is 2.79. The highest BCUT2D eigenvalue weighted by Gasteiger charge is 2.25. The van der Waals surface area contributed by atoms with Crippen LogP contribution in [0, 0.1) is 0 Å². The molecular formula is C15H21N5. The van der Waals surface area contributed by atoms with E-state index in [4.69, 9.17) is 0 Å². The van der Waals surface area contributed by atoms with Gasteiger partial charge < -0.3 is 14.8 Å². The Kier molecular flexibility index (Phi) is 3.44. The molecular weight excluding hydrogens is 250 g/mol. The molecule has 3 rings (SSSR count). The minimum atomic E-state index is 0.538. The molecule has 1 N–H and O–H groups in total. The number of likely N-dealkylation sites (tertiary alicyclic amines) is 1. The van der Waals surface area contributed by atoms with Crippen molar-refractivity contribution < 1.29 is 0 Å². The highest BCUT2D eigenvalue weighted by Crippen LogP contribution is 2.22. The van der Waals surface area contributed by atoms with Crippen LogP contribution in [0.1, 0.15) is 13.3 Å². The number of anilines is 1. The number of likely N-dealkylation sites (N-methyl/N-ethyl adjacent to an activating group) is 1. The van der Waals surface area contributed by atoms with Crippen LogP contribution in [0.15, 0.2) is 30.6 Å². The zero-order valence-corrected chi connectivity index (χ0v) is 12.2. The van der Waals surface area contributed by atoms with Crippen molar-refractivity contribution in [3.8, 4) is 11.4 Å². The third-order valence-corrected chi connectivity index (χ3v) is 4.11. The summed E-state index contributed by atoms with van der Waals surface area (Å²) in [7, 11) is 4.14. The van der Waals surface area contributed by atoms with E-state index in [0.717, 1.165) is 17.9 Å². The van der Waals surface area contributed by atoms with Gasteiger partial charge in [-0.3, -0.25) is 0 Å². The van der Waals surface area contributed by atoms with Crippen molar-refractivity contribution >= 4 is 5.69 Å². The van der Waals surface area contributed by atoms with Crippen molar-refractivity contribution in [3.63, 3.8) is 0 Å². The molecule has 0 radical (unpaired) electrons. The average molecular weight is 271 g/mol.